The van der Waals surface area contributed by atoms with Gasteiger partial charge in [-0.1, -0.05) is 6.92 Å². The summed E-state index contributed by atoms with van der Waals surface area (Å²) in [5, 5.41) is 9.30. The van der Waals surface area contributed by atoms with Crippen molar-refractivity contribution >= 4 is 5.97 Å². The van der Waals surface area contributed by atoms with E-state index in [9.17, 15) is 9.90 Å². The van der Waals surface area contributed by atoms with E-state index in [-0.39, 0.29) is 0 Å². The Bertz CT molecular complexity index is 244. The van der Waals surface area contributed by atoms with E-state index in [0.717, 1.165) is 6.54 Å². The lowest BCUT2D eigenvalue weighted by Crippen LogP contribution is -2.44. The molecule has 86 valence electrons. The predicted octanol–water partition coefficient (Wildman–Crippen LogP) is 0.962. The minimum Gasteiger partial charge on any atom is -0.481 e. The lowest BCUT2D eigenvalue weighted by Gasteiger charge is -2.30. The number of carboxylic acids is 1. The van der Waals surface area contributed by atoms with Crippen molar-refractivity contribution in [3.8, 4) is 0 Å². The molecule has 0 amide bonds. The number of ether oxygens (including phenoxy) is 1. The Labute approximate surface area is 90.2 Å². The summed E-state index contributed by atoms with van der Waals surface area (Å²) < 4.78 is 5.26. The molecule has 4 nitrogen and oxygen atoms in total. The van der Waals surface area contributed by atoms with Crippen molar-refractivity contribution in [2.75, 3.05) is 26.3 Å². The molecule has 0 aromatic rings. The van der Waals surface area contributed by atoms with Crippen LogP contribution in [-0.2, 0) is 9.53 Å². The van der Waals surface area contributed by atoms with Crippen LogP contribution in [0.5, 0.6) is 0 Å². The summed E-state index contributed by atoms with van der Waals surface area (Å²) in [4.78, 5) is 13.6. The van der Waals surface area contributed by atoms with Gasteiger partial charge in [0, 0.05) is 19.2 Å². The first-order valence-corrected chi connectivity index (χ1v) is 5.73. The lowest BCUT2D eigenvalue weighted by atomic mass is 9.86. The Balaban J connectivity index is 2.01. The maximum atomic E-state index is 11.3. The van der Waals surface area contributed by atoms with Crippen molar-refractivity contribution in [1.29, 1.82) is 0 Å². The Morgan fingerprint density at radius 2 is 2.33 bits per heavy atom. The fourth-order valence-corrected chi connectivity index (χ4v) is 2.30. The average Bonchev–Trinajstić information content (AvgIpc) is 2.94. The molecule has 4 heteroatoms. The van der Waals surface area contributed by atoms with E-state index in [2.05, 4.69) is 11.8 Å². The molecule has 1 N–H and O–H groups in total. The third-order valence-corrected chi connectivity index (χ3v) is 3.53. The molecular weight excluding hydrogens is 194 g/mol. The summed E-state index contributed by atoms with van der Waals surface area (Å²) in [7, 11) is 0. The van der Waals surface area contributed by atoms with E-state index < -0.39 is 11.4 Å². The zero-order valence-electron chi connectivity index (χ0n) is 9.24. The molecule has 0 bridgehead atoms. The van der Waals surface area contributed by atoms with E-state index in [1.54, 1.807) is 0 Å². The van der Waals surface area contributed by atoms with Crippen molar-refractivity contribution in [2.24, 2.45) is 5.41 Å². The van der Waals surface area contributed by atoms with Crippen molar-refractivity contribution in [1.82, 2.24) is 4.90 Å². The highest BCUT2D eigenvalue weighted by Crippen LogP contribution is 2.34. The number of hydrogen-bond acceptors (Lipinski definition) is 3. The fourth-order valence-electron chi connectivity index (χ4n) is 2.30. The molecule has 0 radical (unpaired) electrons. The zero-order valence-corrected chi connectivity index (χ0v) is 9.24. The zero-order chi connectivity index (χ0) is 10.9. The highest BCUT2D eigenvalue weighted by molar-refractivity contribution is 5.75. The van der Waals surface area contributed by atoms with Crippen molar-refractivity contribution in [3.63, 3.8) is 0 Å². The minimum atomic E-state index is -0.695. The van der Waals surface area contributed by atoms with E-state index in [4.69, 9.17) is 4.74 Å². The number of hydrogen-bond donors (Lipinski definition) is 1. The summed E-state index contributed by atoms with van der Waals surface area (Å²) in [6.07, 6.45) is 3.11. The van der Waals surface area contributed by atoms with Crippen molar-refractivity contribution in [3.05, 3.63) is 0 Å². The smallest absolute Gasteiger partial charge is 0.313 e. The Kier molecular flexibility index (Phi) is 2.98. The quantitative estimate of drug-likeness (QED) is 0.739. The van der Waals surface area contributed by atoms with Crippen LogP contribution in [0, 0.1) is 5.41 Å². The molecule has 2 rings (SSSR count). The van der Waals surface area contributed by atoms with Crippen molar-refractivity contribution < 1.29 is 14.6 Å². The first kappa shape index (κ1) is 10.9. The number of carboxylic acid groups (broad SMARTS) is 1. The van der Waals surface area contributed by atoms with Crippen LogP contribution in [0.1, 0.15) is 26.2 Å². The van der Waals surface area contributed by atoms with Gasteiger partial charge in [-0.2, -0.15) is 0 Å². The number of rotatable bonds is 5. The van der Waals surface area contributed by atoms with Gasteiger partial charge in [0.1, 0.15) is 5.41 Å². The number of nitrogens with zero attached hydrogens (tertiary/aromatic N) is 1. The topological polar surface area (TPSA) is 49.8 Å². The Hall–Kier alpha value is -0.610. The Morgan fingerprint density at radius 3 is 2.73 bits per heavy atom. The fraction of sp³-hybridized carbons (Fsp3) is 0.909. The third kappa shape index (κ3) is 2.16. The summed E-state index contributed by atoms with van der Waals surface area (Å²) in [5.74, 6) is -0.695. The second-order valence-electron chi connectivity index (χ2n) is 4.68. The maximum Gasteiger partial charge on any atom is 0.313 e. The van der Waals surface area contributed by atoms with Gasteiger partial charge in [-0.05, 0) is 25.8 Å². The Morgan fingerprint density at radius 1 is 1.60 bits per heavy atom. The molecule has 1 unspecified atom stereocenters. The number of aliphatic carboxylic acids is 1. The van der Waals surface area contributed by atoms with Crippen LogP contribution in [0.4, 0.5) is 0 Å². The van der Waals surface area contributed by atoms with E-state index in [1.165, 1.54) is 12.8 Å². The van der Waals surface area contributed by atoms with Crippen LogP contribution in [-0.4, -0.2) is 48.3 Å². The van der Waals surface area contributed by atoms with Gasteiger partial charge in [0.05, 0.1) is 6.61 Å². The molecule has 2 aliphatic rings. The largest absolute Gasteiger partial charge is 0.481 e. The molecule has 0 spiro atoms. The molecule has 15 heavy (non-hydrogen) atoms. The highest BCUT2D eigenvalue weighted by atomic mass is 16.5. The lowest BCUT2D eigenvalue weighted by molar-refractivity contribution is -0.150. The minimum absolute atomic E-state index is 0.381. The molecule has 1 saturated carbocycles. The maximum absolute atomic E-state index is 11.3. The molecular formula is C11H19NO3. The van der Waals surface area contributed by atoms with Gasteiger partial charge in [-0.25, -0.2) is 0 Å². The van der Waals surface area contributed by atoms with Gasteiger partial charge in [0.2, 0.25) is 0 Å². The van der Waals surface area contributed by atoms with E-state index in [0.29, 0.717) is 32.2 Å². The molecule has 0 aromatic heterocycles. The van der Waals surface area contributed by atoms with Crippen LogP contribution in [0.2, 0.25) is 0 Å². The number of carbonyl (C=O) groups is 1. The summed E-state index contributed by atoms with van der Waals surface area (Å²) in [6, 6.07) is 0.631. The first-order valence-electron chi connectivity index (χ1n) is 5.73. The van der Waals surface area contributed by atoms with Crippen LogP contribution in [0.3, 0.4) is 0 Å². The van der Waals surface area contributed by atoms with Crippen molar-refractivity contribution in [2.45, 2.75) is 32.2 Å². The molecule has 0 aromatic carbocycles. The van der Waals surface area contributed by atoms with Crippen LogP contribution >= 0.6 is 0 Å². The molecule has 1 aliphatic heterocycles. The van der Waals surface area contributed by atoms with Gasteiger partial charge in [-0.15, -0.1) is 0 Å². The molecule has 1 saturated heterocycles. The summed E-state index contributed by atoms with van der Waals surface area (Å²) in [6.45, 7) is 4.67. The van der Waals surface area contributed by atoms with Gasteiger partial charge in [0.25, 0.3) is 0 Å². The average molecular weight is 213 g/mol. The molecule has 1 atom stereocenters. The van der Waals surface area contributed by atoms with Gasteiger partial charge < -0.3 is 9.84 Å². The van der Waals surface area contributed by atoms with Gasteiger partial charge >= 0.3 is 5.97 Å². The monoisotopic (exact) mass is 213 g/mol. The predicted molar refractivity (Wildman–Crippen MR) is 55.8 cm³/mol. The molecule has 2 fully saturated rings. The standard InChI is InChI=1S/C11H19NO3/c1-2-12(9-3-4-9)7-11(10(13)14)5-6-15-8-11/h9H,2-8H2,1H3,(H,13,14). The van der Waals surface area contributed by atoms with Gasteiger partial charge in [0.15, 0.2) is 0 Å². The van der Waals surface area contributed by atoms with Crippen LogP contribution in [0.25, 0.3) is 0 Å². The molecule has 1 aliphatic carbocycles. The van der Waals surface area contributed by atoms with Crippen LogP contribution in [0.15, 0.2) is 0 Å². The second-order valence-corrected chi connectivity index (χ2v) is 4.68. The third-order valence-electron chi connectivity index (χ3n) is 3.53. The molecule has 1 heterocycles. The normalized spacial score (nSPS) is 31.1. The highest BCUT2D eigenvalue weighted by Gasteiger charge is 2.45. The van der Waals surface area contributed by atoms with Crippen LogP contribution < -0.4 is 0 Å². The second kappa shape index (κ2) is 4.10. The summed E-state index contributed by atoms with van der Waals surface area (Å²) in [5.41, 5.74) is -0.640. The van der Waals surface area contributed by atoms with E-state index in [1.807, 2.05) is 0 Å². The summed E-state index contributed by atoms with van der Waals surface area (Å²) >= 11 is 0. The first-order chi connectivity index (χ1) is 7.18. The SMILES string of the molecule is CCN(CC1(C(=O)O)CCOC1)C1CC1. The van der Waals surface area contributed by atoms with Gasteiger partial charge in [-0.3, -0.25) is 9.69 Å². The van der Waals surface area contributed by atoms with E-state index >= 15 is 0 Å².